The van der Waals surface area contributed by atoms with Crippen LogP contribution < -0.4 is 10.6 Å². The van der Waals surface area contributed by atoms with Gasteiger partial charge in [0, 0.05) is 52.9 Å². The van der Waals surface area contributed by atoms with Crippen LogP contribution in [0.3, 0.4) is 0 Å². The molecular weight excluding hydrogens is 524 g/mol. The van der Waals surface area contributed by atoms with E-state index in [0.717, 1.165) is 57.5 Å². The van der Waals surface area contributed by atoms with Crippen molar-refractivity contribution in [1.82, 2.24) is 20.4 Å². The number of rotatable bonds is 7. The summed E-state index contributed by atoms with van der Waals surface area (Å²) in [5, 5.41) is 6.90. The summed E-state index contributed by atoms with van der Waals surface area (Å²) in [7, 11) is 3.48. The molecule has 0 bridgehead atoms. The highest BCUT2D eigenvalue weighted by Gasteiger charge is 2.21. The molecule has 3 rings (SSSR count). The second kappa shape index (κ2) is 13.9. The minimum atomic E-state index is -0.197. The summed E-state index contributed by atoms with van der Waals surface area (Å²) in [5.74, 6) is 0.461. The van der Waals surface area contributed by atoms with Crippen molar-refractivity contribution in [3.05, 3.63) is 35.6 Å². The van der Waals surface area contributed by atoms with E-state index in [1.54, 1.807) is 19.0 Å². The highest BCUT2D eigenvalue weighted by molar-refractivity contribution is 14.0. The van der Waals surface area contributed by atoms with Crippen LogP contribution in [-0.4, -0.2) is 80.7 Å². The Labute approximate surface area is 208 Å². The molecule has 2 saturated heterocycles. The first kappa shape index (κ1) is 26.8. The Hall–Kier alpha value is -1.46. The van der Waals surface area contributed by atoms with Gasteiger partial charge >= 0.3 is 0 Å². The summed E-state index contributed by atoms with van der Waals surface area (Å²) in [6.07, 6.45) is 5.55. The summed E-state index contributed by atoms with van der Waals surface area (Å²) < 4.78 is 18.9. The van der Waals surface area contributed by atoms with Crippen molar-refractivity contribution in [1.29, 1.82) is 0 Å². The van der Waals surface area contributed by atoms with Gasteiger partial charge in [0.1, 0.15) is 12.4 Å². The van der Waals surface area contributed by atoms with Crippen LogP contribution in [0.5, 0.6) is 0 Å². The Morgan fingerprint density at radius 2 is 1.91 bits per heavy atom. The number of amides is 1. The number of hydrogen-bond acceptors (Lipinski definition) is 4. The Morgan fingerprint density at radius 3 is 2.53 bits per heavy atom. The number of piperidine rings is 1. The molecule has 0 saturated carbocycles. The zero-order valence-corrected chi connectivity index (χ0v) is 21.5. The van der Waals surface area contributed by atoms with Gasteiger partial charge in [0.2, 0.25) is 5.91 Å². The van der Waals surface area contributed by atoms with E-state index in [1.807, 2.05) is 12.1 Å². The van der Waals surface area contributed by atoms with E-state index < -0.39 is 0 Å². The van der Waals surface area contributed by atoms with Crippen molar-refractivity contribution in [3.8, 4) is 0 Å². The third kappa shape index (κ3) is 9.19. The molecule has 2 N–H and O–H groups in total. The van der Waals surface area contributed by atoms with E-state index in [2.05, 4.69) is 20.5 Å². The zero-order valence-electron chi connectivity index (χ0n) is 19.2. The van der Waals surface area contributed by atoms with Crippen LogP contribution in [0, 0.1) is 5.82 Å². The molecule has 2 heterocycles. The predicted molar refractivity (Wildman–Crippen MR) is 136 cm³/mol. The molecule has 2 aliphatic rings. The molecule has 32 heavy (non-hydrogen) atoms. The number of carbonyl (C=O) groups is 1. The van der Waals surface area contributed by atoms with Crippen molar-refractivity contribution >= 4 is 35.8 Å². The summed E-state index contributed by atoms with van der Waals surface area (Å²) in [5.41, 5.74) is 1.13. The van der Waals surface area contributed by atoms with E-state index in [0.29, 0.717) is 18.5 Å². The topological polar surface area (TPSA) is 69.2 Å². The maximum absolute atomic E-state index is 13.1. The van der Waals surface area contributed by atoms with Crippen LogP contribution in [0.4, 0.5) is 4.39 Å². The van der Waals surface area contributed by atoms with Gasteiger partial charge in [-0.1, -0.05) is 12.1 Å². The number of benzene rings is 1. The molecule has 9 heteroatoms. The van der Waals surface area contributed by atoms with Crippen molar-refractivity contribution in [2.24, 2.45) is 4.99 Å². The average molecular weight is 561 g/mol. The van der Waals surface area contributed by atoms with Crippen LogP contribution in [0.15, 0.2) is 29.3 Å². The maximum Gasteiger partial charge on any atom is 0.243 e. The number of likely N-dealkylation sites (tertiary alicyclic amines) is 1. The average Bonchev–Trinajstić information content (AvgIpc) is 2.78. The van der Waals surface area contributed by atoms with Crippen molar-refractivity contribution in [3.63, 3.8) is 0 Å². The number of carbonyl (C=O) groups excluding carboxylic acids is 1. The van der Waals surface area contributed by atoms with Gasteiger partial charge in [-0.2, -0.15) is 0 Å². The standard InChI is InChI=1S/C23H36FN5O2.HI/c1-28(2)22(30)16-26-23(25-15-21-5-3-4-14-31-21)27-20-10-12-29(13-11-20)17-18-6-8-19(24)9-7-18;/h6-9,20-21H,3-5,10-17H2,1-2H3,(H2,25,26,27);1H. The fourth-order valence-electron chi connectivity index (χ4n) is 3.90. The van der Waals surface area contributed by atoms with E-state index in [-0.39, 0.29) is 48.3 Å². The Bertz CT molecular complexity index is 718. The molecule has 180 valence electrons. The molecule has 0 aromatic heterocycles. The fraction of sp³-hybridized carbons (Fsp3) is 0.652. The lowest BCUT2D eigenvalue weighted by Gasteiger charge is -2.33. The smallest absolute Gasteiger partial charge is 0.243 e. The molecule has 1 aromatic rings. The van der Waals surface area contributed by atoms with Gasteiger partial charge in [-0.25, -0.2) is 9.38 Å². The molecule has 0 radical (unpaired) electrons. The van der Waals surface area contributed by atoms with E-state index in [1.165, 1.54) is 18.6 Å². The first-order valence-corrected chi connectivity index (χ1v) is 11.3. The lowest BCUT2D eigenvalue weighted by Crippen LogP contribution is -2.50. The first-order chi connectivity index (χ1) is 15.0. The largest absolute Gasteiger partial charge is 0.376 e. The quantitative estimate of drug-likeness (QED) is 0.305. The van der Waals surface area contributed by atoms with Crippen LogP contribution in [0.1, 0.15) is 37.7 Å². The summed E-state index contributed by atoms with van der Waals surface area (Å²) >= 11 is 0. The lowest BCUT2D eigenvalue weighted by molar-refractivity contribution is -0.127. The van der Waals surface area contributed by atoms with Gasteiger partial charge in [0.05, 0.1) is 6.10 Å². The molecule has 1 atom stereocenters. The number of likely N-dealkylation sites (N-methyl/N-ethyl adjacent to an activating group) is 1. The SMILES string of the molecule is CN(C)C(=O)CN=C(NCC1CCCCO1)NC1CCN(Cc2ccc(F)cc2)CC1.I. The molecule has 0 aliphatic carbocycles. The van der Waals surface area contributed by atoms with E-state index >= 15 is 0 Å². The molecule has 0 spiro atoms. The number of aliphatic imine (C=N–C) groups is 1. The van der Waals surface area contributed by atoms with E-state index in [4.69, 9.17) is 4.74 Å². The molecule has 7 nitrogen and oxygen atoms in total. The zero-order chi connectivity index (χ0) is 22.1. The second-order valence-electron chi connectivity index (χ2n) is 8.64. The number of halogens is 2. The molecule has 1 amide bonds. The minimum absolute atomic E-state index is 0. The molecule has 2 aliphatic heterocycles. The number of hydrogen-bond donors (Lipinski definition) is 2. The van der Waals surface area contributed by atoms with Crippen LogP contribution in [0.2, 0.25) is 0 Å². The highest BCUT2D eigenvalue weighted by atomic mass is 127. The van der Waals surface area contributed by atoms with Crippen LogP contribution in [0.25, 0.3) is 0 Å². The van der Waals surface area contributed by atoms with Gasteiger partial charge < -0.3 is 20.3 Å². The normalized spacial score (nSPS) is 20.3. The number of nitrogens with zero attached hydrogens (tertiary/aromatic N) is 3. The van der Waals surface area contributed by atoms with Gasteiger partial charge in [-0.05, 0) is 49.8 Å². The Balaban J connectivity index is 0.00000363. The van der Waals surface area contributed by atoms with Gasteiger partial charge in [0.25, 0.3) is 0 Å². The number of nitrogens with one attached hydrogen (secondary N) is 2. The minimum Gasteiger partial charge on any atom is -0.376 e. The number of ether oxygens (including phenoxy) is 1. The first-order valence-electron chi connectivity index (χ1n) is 11.3. The fourth-order valence-corrected chi connectivity index (χ4v) is 3.90. The maximum atomic E-state index is 13.1. The van der Waals surface area contributed by atoms with Crippen molar-refractivity contribution in [2.45, 2.75) is 50.8 Å². The predicted octanol–water partition coefficient (Wildman–Crippen LogP) is 2.60. The Morgan fingerprint density at radius 1 is 1.19 bits per heavy atom. The third-order valence-electron chi connectivity index (χ3n) is 5.89. The lowest BCUT2D eigenvalue weighted by atomic mass is 10.0. The molecular formula is C23H37FIN5O2. The second-order valence-corrected chi connectivity index (χ2v) is 8.64. The number of guanidine groups is 1. The van der Waals surface area contributed by atoms with Gasteiger partial charge in [0.15, 0.2) is 5.96 Å². The highest BCUT2D eigenvalue weighted by Crippen LogP contribution is 2.15. The van der Waals surface area contributed by atoms with Crippen LogP contribution >= 0.6 is 24.0 Å². The summed E-state index contributed by atoms with van der Waals surface area (Å²) in [6, 6.07) is 7.04. The monoisotopic (exact) mass is 561 g/mol. The van der Waals surface area contributed by atoms with Crippen molar-refractivity contribution < 1.29 is 13.9 Å². The summed E-state index contributed by atoms with van der Waals surface area (Å²) in [4.78, 5) is 20.5. The Kier molecular flexibility index (Phi) is 11.7. The third-order valence-corrected chi connectivity index (χ3v) is 5.89. The van der Waals surface area contributed by atoms with Crippen LogP contribution in [-0.2, 0) is 16.1 Å². The molecule has 2 fully saturated rings. The van der Waals surface area contributed by atoms with Gasteiger partial charge in [-0.15, -0.1) is 24.0 Å². The van der Waals surface area contributed by atoms with Crippen molar-refractivity contribution in [2.75, 3.05) is 46.9 Å². The van der Waals surface area contributed by atoms with E-state index in [9.17, 15) is 9.18 Å². The molecule has 1 unspecified atom stereocenters. The molecule has 1 aromatic carbocycles. The van der Waals surface area contributed by atoms with Gasteiger partial charge in [-0.3, -0.25) is 9.69 Å². The summed E-state index contributed by atoms with van der Waals surface area (Å²) in [6.45, 7) is 4.40.